The lowest BCUT2D eigenvalue weighted by molar-refractivity contribution is 1.44. The van der Waals surface area contributed by atoms with E-state index in [4.69, 9.17) is 5.73 Å². The van der Waals surface area contributed by atoms with Crippen molar-refractivity contribution < 1.29 is 0 Å². The summed E-state index contributed by atoms with van der Waals surface area (Å²) in [7, 11) is 0. The molecule has 0 aliphatic heterocycles. The summed E-state index contributed by atoms with van der Waals surface area (Å²) >= 11 is 1.78. The van der Waals surface area contributed by atoms with Crippen LogP contribution in [-0.4, -0.2) is 0 Å². The number of hydrogen-bond acceptors (Lipinski definition) is 2. The monoisotopic (exact) mass is 301 g/mol. The predicted octanol–water partition coefficient (Wildman–Crippen LogP) is 5.73. The first-order valence-electron chi connectivity index (χ1n) is 7.25. The van der Waals surface area contributed by atoms with Gasteiger partial charge >= 0.3 is 0 Å². The van der Waals surface area contributed by atoms with Crippen LogP contribution in [-0.2, 0) is 0 Å². The average molecular weight is 301 g/mol. The molecule has 4 aromatic carbocycles. The fraction of sp³-hybridized carbons (Fsp3) is 0. The van der Waals surface area contributed by atoms with Crippen molar-refractivity contribution in [3.05, 3.63) is 78.9 Å². The molecule has 0 heterocycles. The van der Waals surface area contributed by atoms with Crippen molar-refractivity contribution >= 4 is 39.0 Å². The average Bonchev–Trinajstić information content (AvgIpc) is 2.57. The van der Waals surface area contributed by atoms with Crippen LogP contribution >= 0.6 is 11.8 Å². The van der Waals surface area contributed by atoms with Crippen LogP contribution in [0.1, 0.15) is 0 Å². The molecule has 1 nitrogen and oxygen atoms in total. The lowest BCUT2D eigenvalue weighted by Gasteiger charge is -2.10. The van der Waals surface area contributed by atoms with E-state index in [0.717, 1.165) is 11.1 Å². The van der Waals surface area contributed by atoms with Gasteiger partial charge in [-0.1, -0.05) is 54.2 Å². The number of fused-ring (bicyclic) bond motifs is 2. The number of rotatable bonds is 2. The lowest BCUT2D eigenvalue weighted by atomic mass is 10.0. The molecule has 4 aromatic rings. The van der Waals surface area contributed by atoms with Gasteiger partial charge in [0.15, 0.2) is 0 Å². The zero-order valence-electron chi connectivity index (χ0n) is 12.0. The normalized spacial score (nSPS) is 11.1. The number of hydrogen-bond donors (Lipinski definition) is 1. The maximum absolute atomic E-state index is 6.20. The molecule has 0 aliphatic carbocycles. The third-order valence-electron chi connectivity index (χ3n) is 3.85. The van der Waals surface area contributed by atoms with Crippen molar-refractivity contribution in [1.29, 1.82) is 0 Å². The summed E-state index contributed by atoms with van der Waals surface area (Å²) in [5, 5.41) is 4.81. The highest BCUT2D eigenvalue weighted by molar-refractivity contribution is 7.99. The van der Waals surface area contributed by atoms with Crippen LogP contribution in [0.4, 0.5) is 5.69 Å². The van der Waals surface area contributed by atoms with Gasteiger partial charge in [-0.05, 0) is 52.6 Å². The smallest absolute Gasteiger partial charge is 0.0394 e. The Kier molecular flexibility index (Phi) is 3.24. The summed E-state index contributed by atoms with van der Waals surface area (Å²) in [4.78, 5) is 2.47. The van der Waals surface area contributed by atoms with Gasteiger partial charge < -0.3 is 5.73 Å². The second-order valence-electron chi connectivity index (χ2n) is 5.31. The summed E-state index contributed by atoms with van der Waals surface area (Å²) in [6.07, 6.45) is 0. The topological polar surface area (TPSA) is 26.0 Å². The number of nitrogens with two attached hydrogens (primary N) is 1. The van der Waals surface area contributed by atoms with Crippen molar-refractivity contribution in [3.8, 4) is 0 Å². The molecule has 106 valence electrons. The quantitative estimate of drug-likeness (QED) is 0.378. The summed E-state index contributed by atoms with van der Waals surface area (Å²) in [6.45, 7) is 0. The van der Waals surface area contributed by atoms with E-state index in [1.807, 2.05) is 12.1 Å². The van der Waals surface area contributed by atoms with Crippen LogP contribution in [0.15, 0.2) is 88.7 Å². The van der Waals surface area contributed by atoms with E-state index in [-0.39, 0.29) is 0 Å². The second-order valence-corrected chi connectivity index (χ2v) is 6.43. The second kappa shape index (κ2) is 5.39. The Morgan fingerprint density at radius 2 is 1.27 bits per heavy atom. The molecular weight excluding hydrogens is 286 g/mol. The molecule has 0 bridgehead atoms. The summed E-state index contributed by atoms with van der Waals surface area (Å²) in [6, 6.07) is 27.4. The molecule has 4 rings (SSSR count). The van der Waals surface area contributed by atoms with Gasteiger partial charge in [0, 0.05) is 20.9 Å². The molecule has 0 atom stereocenters. The molecule has 0 aromatic heterocycles. The highest BCUT2D eigenvalue weighted by Crippen LogP contribution is 2.37. The maximum atomic E-state index is 6.20. The lowest BCUT2D eigenvalue weighted by Crippen LogP contribution is -1.89. The molecular formula is C20H15NS. The van der Waals surface area contributed by atoms with Crippen LogP contribution in [0, 0.1) is 0 Å². The fourth-order valence-corrected chi connectivity index (χ4v) is 3.69. The standard InChI is InChI=1S/C20H15NS/c21-19-10-11-20(22-16-8-2-1-3-9-16)18-13-15-7-5-4-6-14(15)12-17(18)19/h1-13H,21H2. The largest absolute Gasteiger partial charge is 0.398 e. The Morgan fingerprint density at radius 1 is 0.636 bits per heavy atom. The number of benzene rings is 4. The van der Waals surface area contributed by atoms with E-state index in [0.29, 0.717) is 0 Å². The van der Waals surface area contributed by atoms with Crippen LogP contribution in [0.5, 0.6) is 0 Å². The third kappa shape index (κ3) is 2.32. The van der Waals surface area contributed by atoms with Crippen LogP contribution in [0.2, 0.25) is 0 Å². The van der Waals surface area contributed by atoms with Crippen LogP contribution in [0.3, 0.4) is 0 Å². The molecule has 0 radical (unpaired) electrons. The van der Waals surface area contributed by atoms with Crippen molar-refractivity contribution in [2.45, 2.75) is 9.79 Å². The Bertz CT molecular complexity index is 961. The first-order chi connectivity index (χ1) is 10.8. The van der Waals surface area contributed by atoms with Gasteiger partial charge in [0.1, 0.15) is 0 Å². The SMILES string of the molecule is Nc1ccc(Sc2ccccc2)c2cc3ccccc3cc12. The predicted molar refractivity (Wildman–Crippen MR) is 96.4 cm³/mol. The molecule has 22 heavy (non-hydrogen) atoms. The van der Waals surface area contributed by atoms with Gasteiger partial charge in [0.2, 0.25) is 0 Å². The van der Waals surface area contributed by atoms with Crippen LogP contribution in [0.25, 0.3) is 21.5 Å². The van der Waals surface area contributed by atoms with Crippen molar-refractivity contribution in [1.82, 2.24) is 0 Å². The van der Waals surface area contributed by atoms with E-state index < -0.39 is 0 Å². The van der Waals surface area contributed by atoms with E-state index in [2.05, 4.69) is 66.7 Å². The highest BCUT2D eigenvalue weighted by Gasteiger charge is 2.07. The van der Waals surface area contributed by atoms with E-state index in [9.17, 15) is 0 Å². The molecule has 2 N–H and O–H groups in total. The number of nitrogen functional groups attached to an aromatic ring is 1. The van der Waals surface area contributed by atoms with E-state index in [1.165, 1.54) is 25.9 Å². The molecule has 0 spiro atoms. The zero-order valence-corrected chi connectivity index (χ0v) is 12.8. The zero-order chi connectivity index (χ0) is 14.9. The molecule has 0 fully saturated rings. The summed E-state index contributed by atoms with van der Waals surface area (Å²) in [5.41, 5.74) is 7.03. The Balaban J connectivity index is 1.95. The minimum absolute atomic E-state index is 0.832. The molecule has 0 amide bonds. The van der Waals surface area contributed by atoms with Crippen molar-refractivity contribution in [2.24, 2.45) is 0 Å². The minimum atomic E-state index is 0.832. The van der Waals surface area contributed by atoms with E-state index in [1.54, 1.807) is 11.8 Å². The van der Waals surface area contributed by atoms with Gasteiger partial charge in [-0.3, -0.25) is 0 Å². The third-order valence-corrected chi connectivity index (χ3v) is 4.93. The molecule has 0 unspecified atom stereocenters. The molecule has 0 saturated carbocycles. The van der Waals surface area contributed by atoms with Crippen LogP contribution < -0.4 is 5.73 Å². The van der Waals surface area contributed by atoms with Gasteiger partial charge in [-0.25, -0.2) is 0 Å². The first-order valence-corrected chi connectivity index (χ1v) is 8.07. The molecule has 0 aliphatic rings. The van der Waals surface area contributed by atoms with Gasteiger partial charge in [-0.2, -0.15) is 0 Å². The molecule has 0 saturated heterocycles. The summed E-state index contributed by atoms with van der Waals surface area (Å²) < 4.78 is 0. The van der Waals surface area contributed by atoms with Gasteiger partial charge in [-0.15, -0.1) is 0 Å². The Morgan fingerprint density at radius 3 is 2.00 bits per heavy atom. The number of anilines is 1. The Labute approximate surface area is 133 Å². The van der Waals surface area contributed by atoms with Crippen molar-refractivity contribution in [3.63, 3.8) is 0 Å². The van der Waals surface area contributed by atoms with E-state index >= 15 is 0 Å². The minimum Gasteiger partial charge on any atom is -0.398 e. The fourth-order valence-electron chi connectivity index (χ4n) is 2.73. The summed E-state index contributed by atoms with van der Waals surface area (Å²) in [5.74, 6) is 0. The Hall–Kier alpha value is -2.45. The van der Waals surface area contributed by atoms with Gasteiger partial charge in [0.05, 0.1) is 0 Å². The first kappa shape index (κ1) is 13.2. The maximum Gasteiger partial charge on any atom is 0.0394 e. The molecule has 2 heteroatoms. The highest BCUT2D eigenvalue weighted by atomic mass is 32.2. The van der Waals surface area contributed by atoms with Crippen molar-refractivity contribution in [2.75, 3.05) is 5.73 Å². The van der Waals surface area contributed by atoms with Gasteiger partial charge in [0.25, 0.3) is 0 Å².